The summed E-state index contributed by atoms with van der Waals surface area (Å²) in [6, 6.07) is 18.3. The number of morpholine rings is 1. The fraction of sp³-hybridized carbons (Fsp3) is 0.350. The molecule has 3 rings (SSSR count). The molecule has 2 aromatic carbocycles. The summed E-state index contributed by atoms with van der Waals surface area (Å²) in [6.45, 7) is 5.35. The molecule has 0 bridgehead atoms. The fourth-order valence-electron chi connectivity index (χ4n) is 2.95. The molecule has 2 aromatic rings. The lowest BCUT2D eigenvalue weighted by atomic mass is 10.1. The van der Waals surface area contributed by atoms with Gasteiger partial charge in [-0.2, -0.15) is 0 Å². The molecule has 1 amide bonds. The van der Waals surface area contributed by atoms with E-state index in [0.717, 1.165) is 11.3 Å². The average Bonchev–Trinajstić information content (AvgIpc) is 2.60. The molecule has 1 heterocycles. The van der Waals surface area contributed by atoms with Gasteiger partial charge in [0.15, 0.2) is 0 Å². The molecule has 0 spiro atoms. The van der Waals surface area contributed by atoms with Crippen molar-refractivity contribution in [2.75, 3.05) is 13.1 Å². The molecular formula is C20H23NO2S. The first-order valence-corrected chi connectivity index (χ1v) is 9.32. The van der Waals surface area contributed by atoms with Crippen molar-refractivity contribution in [3.8, 4) is 0 Å². The Labute approximate surface area is 148 Å². The maximum atomic E-state index is 12.6. The first-order valence-electron chi connectivity index (χ1n) is 8.33. The first kappa shape index (κ1) is 17.1. The van der Waals surface area contributed by atoms with Crippen LogP contribution in [0, 0.1) is 0 Å². The zero-order valence-corrected chi connectivity index (χ0v) is 15.0. The zero-order valence-electron chi connectivity index (χ0n) is 14.1. The van der Waals surface area contributed by atoms with Gasteiger partial charge in [0, 0.05) is 29.3 Å². The number of carbonyl (C=O) groups excluding carboxylic acids is 1. The number of amides is 1. The van der Waals surface area contributed by atoms with Crippen LogP contribution >= 0.6 is 11.8 Å². The third-order valence-electron chi connectivity index (χ3n) is 4.06. The maximum Gasteiger partial charge on any atom is 0.254 e. The molecule has 0 aliphatic carbocycles. The van der Waals surface area contributed by atoms with E-state index in [1.54, 1.807) is 11.8 Å². The highest BCUT2D eigenvalue weighted by Crippen LogP contribution is 2.23. The maximum absolute atomic E-state index is 12.6. The van der Waals surface area contributed by atoms with E-state index in [9.17, 15) is 4.79 Å². The van der Waals surface area contributed by atoms with Gasteiger partial charge in [0.1, 0.15) is 0 Å². The van der Waals surface area contributed by atoms with Crippen molar-refractivity contribution >= 4 is 17.7 Å². The van der Waals surface area contributed by atoms with E-state index < -0.39 is 0 Å². The van der Waals surface area contributed by atoms with E-state index in [4.69, 9.17) is 4.74 Å². The van der Waals surface area contributed by atoms with Crippen molar-refractivity contribution < 1.29 is 9.53 Å². The van der Waals surface area contributed by atoms with Gasteiger partial charge >= 0.3 is 0 Å². The molecule has 1 aliphatic rings. The molecule has 126 valence electrons. The summed E-state index contributed by atoms with van der Waals surface area (Å²) < 4.78 is 5.70. The summed E-state index contributed by atoms with van der Waals surface area (Å²) in [5.41, 5.74) is 1.98. The van der Waals surface area contributed by atoms with Crippen molar-refractivity contribution in [1.29, 1.82) is 0 Å². The predicted octanol–water partition coefficient (Wildman–Crippen LogP) is 4.23. The van der Waals surface area contributed by atoms with Gasteiger partial charge in [0.25, 0.3) is 5.91 Å². The van der Waals surface area contributed by atoms with Crippen LogP contribution in [0.3, 0.4) is 0 Å². The van der Waals surface area contributed by atoms with Crippen LogP contribution in [0.4, 0.5) is 0 Å². The van der Waals surface area contributed by atoms with Crippen molar-refractivity contribution in [1.82, 2.24) is 4.90 Å². The molecule has 3 nitrogen and oxygen atoms in total. The third-order valence-corrected chi connectivity index (χ3v) is 5.14. The van der Waals surface area contributed by atoms with E-state index in [1.807, 2.05) is 36.9 Å². The summed E-state index contributed by atoms with van der Waals surface area (Å²) >= 11 is 1.80. The molecule has 4 heteroatoms. The van der Waals surface area contributed by atoms with Crippen LogP contribution in [0.25, 0.3) is 0 Å². The Morgan fingerprint density at radius 2 is 1.67 bits per heavy atom. The lowest BCUT2D eigenvalue weighted by Gasteiger charge is -2.35. The smallest absolute Gasteiger partial charge is 0.254 e. The number of hydrogen-bond acceptors (Lipinski definition) is 3. The topological polar surface area (TPSA) is 29.5 Å². The quantitative estimate of drug-likeness (QED) is 0.780. The lowest BCUT2D eigenvalue weighted by Crippen LogP contribution is -2.48. The van der Waals surface area contributed by atoms with Crippen LogP contribution in [-0.4, -0.2) is 36.1 Å². The lowest BCUT2D eigenvalue weighted by molar-refractivity contribution is -0.0586. The SMILES string of the molecule is CC1CN(C(=O)c2ccc(CSc3ccccc3)cc2)CC(C)O1. The van der Waals surface area contributed by atoms with Gasteiger partial charge in [-0.05, 0) is 43.7 Å². The molecule has 1 saturated heterocycles. The van der Waals surface area contributed by atoms with Crippen LogP contribution in [0.2, 0.25) is 0 Å². The molecule has 0 aromatic heterocycles. The molecule has 1 fully saturated rings. The summed E-state index contributed by atoms with van der Waals surface area (Å²) in [6.07, 6.45) is 0.193. The van der Waals surface area contributed by atoms with E-state index in [0.29, 0.717) is 13.1 Å². The number of nitrogens with zero attached hydrogens (tertiary/aromatic N) is 1. The highest BCUT2D eigenvalue weighted by Gasteiger charge is 2.26. The molecule has 2 unspecified atom stereocenters. The molecule has 0 N–H and O–H groups in total. The second-order valence-electron chi connectivity index (χ2n) is 6.27. The Bertz CT molecular complexity index is 662. The van der Waals surface area contributed by atoms with E-state index in [-0.39, 0.29) is 18.1 Å². The highest BCUT2D eigenvalue weighted by molar-refractivity contribution is 7.98. The molecule has 0 saturated carbocycles. The second kappa shape index (κ2) is 7.86. The van der Waals surface area contributed by atoms with Crippen LogP contribution in [0.15, 0.2) is 59.5 Å². The van der Waals surface area contributed by atoms with Gasteiger partial charge in [-0.15, -0.1) is 11.8 Å². The number of thioether (sulfide) groups is 1. The Morgan fingerprint density at radius 3 is 2.29 bits per heavy atom. The zero-order chi connectivity index (χ0) is 16.9. The largest absolute Gasteiger partial charge is 0.372 e. The van der Waals surface area contributed by atoms with Crippen LogP contribution in [0.5, 0.6) is 0 Å². The summed E-state index contributed by atoms with van der Waals surface area (Å²) in [4.78, 5) is 15.8. The van der Waals surface area contributed by atoms with Gasteiger partial charge in [0.05, 0.1) is 12.2 Å². The van der Waals surface area contributed by atoms with Gasteiger partial charge in [-0.3, -0.25) is 4.79 Å². The minimum absolute atomic E-state index is 0.0965. The van der Waals surface area contributed by atoms with E-state index in [1.165, 1.54) is 10.5 Å². The second-order valence-corrected chi connectivity index (χ2v) is 7.31. The number of rotatable bonds is 4. The summed E-state index contributed by atoms with van der Waals surface area (Å²) in [5, 5.41) is 0. The Hall–Kier alpha value is -1.78. The minimum Gasteiger partial charge on any atom is -0.372 e. The number of benzene rings is 2. The Morgan fingerprint density at radius 1 is 1.04 bits per heavy atom. The standard InChI is InChI=1S/C20H23NO2S/c1-15-12-21(13-16(2)23-15)20(22)18-10-8-17(9-11-18)14-24-19-6-4-3-5-7-19/h3-11,15-16H,12-14H2,1-2H3. The van der Waals surface area contributed by atoms with Crippen LogP contribution < -0.4 is 0 Å². The first-order chi connectivity index (χ1) is 11.6. The van der Waals surface area contributed by atoms with Crippen LogP contribution in [0.1, 0.15) is 29.8 Å². The van der Waals surface area contributed by atoms with Crippen molar-refractivity contribution in [3.05, 3.63) is 65.7 Å². The van der Waals surface area contributed by atoms with Crippen molar-refractivity contribution in [2.24, 2.45) is 0 Å². The predicted molar refractivity (Wildman–Crippen MR) is 98.4 cm³/mol. The fourth-order valence-corrected chi connectivity index (χ4v) is 3.83. The minimum atomic E-state index is 0.0965. The molecule has 1 aliphatic heterocycles. The van der Waals surface area contributed by atoms with Gasteiger partial charge in [0.2, 0.25) is 0 Å². The van der Waals surface area contributed by atoms with Crippen LogP contribution in [-0.2, 0) is 10.5 Å². The summed E-state index contributed by atoms with van der Waals surface area (Å²) in [7, 11) is 0. The number of carbonyl (C=O) groups is 1. The average molecular weight is 341 g/mol. The van der Waals surface area contributed by atoms with Gasteiger partial charge in [-0.1, -0.05) is 30.3 Å². The van der Waals surface area contributed by atoms with E-state index >= 15 is 0 Å². The van der Waals surface area contributed by atoms with E-state index in [2.05, 4.69) is 36.4 Å². The van der Waals surface area contributed by atoms with Gasteiger partial charge in [-0.25, -0.2) is 0 Å². The highest BCUT2D eigenvalue weighted by atomic mass is 32.2. The van der Waals surface area contributed by atoms with Crippen molar-refractivity contribution in [2.45, 2.75) is 36.7 Å². The summed E-state index contributed by atoms with van der Waals surface area (Å²) in [5.74, 6) is 1.00. The normalized spacial score (nSPS) is 20.8. The number of hydrogen-bond donors (Lipinski definition) is 0. The Balaban J connectivity index is 1.60. The Kier molecular flexibility index (Phi) is 5.59. The number of ether oxygens (including phenoxy) is 1. The molecular weight excluding hydrogens is 318 g/mol. The van der Waals surface area contributed by atoms with Crippen molar-refractivity contribution in [3.63, 3.8) is 0 Å². The monoisotopic (exact) mass is 341 g/mol. The molecule has 24 heavy (non-hydrogen) atoms. The van der Waals surface area contributed by atoms with Gasteiger partial charge < -0.3 is 9.64 Å². The molecule has 0 radical (unpaired) electrons. The third kappa shape index (κ3) is 4.40. The molecule has 2 atom stereocenters.